The normalized spacial score (nSPS) is 12.1. The summed E-state index contributed by atoms with van der Waals surface area (Å²) in [4.78, 5) is 4.30. The molecular weight excluding hydrogens is 300 g/mol. The van der Waals surface area contributed by atoms with E-state index in [1.165, 1.54) is 12.1 Å². The molecule has 0 saturated carbocycles. The third-order valence-corrected chi connectivity index (χ3v) is 3.44. The van der Waals surface area contributed by atoms with Gasteiger partial charge in [-0.25, -0.2) is 9.37 Å². The molecule has 2 aromatic rings. The molecule has 2 N–H and O–H groups in total. The number of anilines is 2. The van der Waals surface area contributed by atoms with E-state index in [1.54, 1.807) is 19.2 Å². The van der Waals surface area contributed by atoms with E-state index in [0.29, 0.717) is 21.7 Å². The molecule has 1 unspecified atom stereocenters. The Bertz CT molecular complexity index is 619. The average Bonchev–Trinajstić information content (AvgIpc) is 2.41. The van der Waals surface area contributed by atoms with Crippen LogP contribution < -0.4 is 10.6 Å². The Hall–Kier alpha value is -1.52. The van der Waals surface area contributed by atoms with Gasteiger partial charge in [-0.15, -0.1) is 0 Å². The Morgan fingerprint density at radius 1 is 1.15 bits per heavy atom. The van der Waals surface area contributed by atoms with E-state index in [9.17, 15) is 4.39 Å². The van der Waals surface area contributed by atoms with E-state index < -0.39 is 0 Å². The van der Waals surface area contributed by atoms with Crippen molar-refractivity contribution in [3.05, 3.63) is 51.8 Å². The highest BCUT2D eigenvalue weighted by Gasteiger charge is 2.12. The number of rotatable bonds is 4. The minimum atomic E-state index is -0.276. The second-order valence-corrected chi connectivity index (χ2v) is 5.13. The number of benzene rings is 1. The molecule has 0 saturated heterocycles. The van der Waals surface area contributed by atoms with Crippen LogP contribution in [-0.2, 0) is 0 Å². The van der Waals surface area contributed by atoms with Gasteiger partial charge in [-0.2, -0.15) is 0 Å². The first-order valence-electron chi connectivity index (χ1n) is 6.07. The SMILES string of the molecule is CNc1nc(NC(C)c2cccc(F)c2)c(Cl)cc1Cl. The van der Waals surface area contributed by atoms with Crippen molar-refractivity contribution >= 4 is 34.8 Å². The van der Waals surface area contributed by atoms with E-state index in [2.05, 4.69) is 15.6 Å². The molecule has 3 nitrogen and oxygen atoms in total. The van der Waals surface area contributed by atoms with Crippen LogP contribution in [0.15, 0.2) is 30.3 Å². The number of hydrogen-bond donors (Lipinski definition) is 2. The van der Waals surface area contributed by atoms with Crippen LogP contribution in [0.2, 0.25) is 10.0 Å². The van der Waals surface area contributed by atoms with Crippen molar-refractivity contribution in [3.8, 4) is 0 Å². The van der Waals surface area contributed by atoms with Crippen LogP contribution >= 0.6 is 23.2 Å². The summed E-state index contributed by atoms with van der Waals surface area (Å²) in [7, 11) is 1.72. The highest BCUT2D eigenvalue weighted by molar-refractivity contribution is 6.37. The highest BCUT2D eigenvalue weighted by Crippen LogP contribution is 2.31. The van der Waals surface area contributed by atoms with Gasteiger partial charge in [-0.3, -0.25) is 0 Å². The average molecular weight is 314 g/mol. The Balaban J connectivity index is 2.25. The summed E-state index contributed by atoms with van der Waals surface area (Å²) in [6.45, 7) is 1.90. The van der Waals surface area contributed by atoms with Gasteiger partial charge in [-0.1, -0.05) is 35.3 Å². The summed E-state index contributed by atoms with van der Waals surface area (Å²) in [6, 6.07) is 7.86. The van der Waals surface area contributed by atoms with Gasteiger partial charge in [0.15, 0.2) is 0 Å². The van der Waals surface area contributed by atoms with Crippen molar-refractivity contribution in [1.29, 1.82) is 0 Å². The molecule has 0 aliphatic rings. The predicted octanol–water partition coefficient (Wildman–Crippen LogP) is 4.74. The largest absolute Gasteiger partial charge is 0.372 e. The van der Waals surface area contributed by atoms with Gasteiger partial charge in [0, 0.05) is 7.05 Å². The van der Waals surface area contributed by atoms with E-state index in [-0.39, 0.29) is 11.9 Å². The summed E-state index contributed by atoms with van der Waals surface area (Å²) in [6.07, 6.45) is 0. The first-order chi connectivity index (χ1) is 9.51. The molecule has 0 radical (unpaired) electrons. The van der Waals surface area contributed by atoms with Crippen LogP contribution in [0.5, 0.6) is 0 Å². The molecule has 0 bridgehead atoms. The number of aromatic nitrogens is 1. The van der Waals surface area contributed by atoms with E-state index in [0.717, 1.165) is 5.56 Å². The first-order valence-corrected chi connectivity index (χ1v) is 6.82. The number of hydrogen-bond acceptors (Lipinski definition) is 3. The lowest BCUT2D eigenvalue weighted by Gasteiger charge is -2.17. The van der Waals surface area contributed by atoms with Crippen molar-refractivity contribution in [2.45, 2.75) is 13.0 Å². The Kier molecular flexibility index (Phi) is 4.68. The van der Waals surface area contributed by atoms with Crippen molar-refractivity contribution in [1.82, 2.24) is 4.98 Å². The van der Waals surface area contributed by atoms with Crippen LogP contribution in [0, 0.1) is 5.82 Å². The zero-order valence-electron chi connectivity index (χ0n) is 11.0. The molecule has 6 heteroatoms. The van der Waals surface area contributed by atoms with E-state index in [4.69, 9.17) is 23.2 Å². The molecular formula is C14H14Cl2FN3. The second kappa shape index (κ2) is 6.29. The van der Waals surface area contributed by atoms with E-state index >= 15 is 0 Å². The van der Waals surface area contributed by atoms with Gasteiger partial charge in [0.1, 0.15) is 17.5 Å². The topological polar surface area (TPSA) is 37.0 Å². The highest BCUT2D eigenvalue weighted by atomic mass is 35.5. The summed E-state index contributed by atoms with van der Waals surface area (Å²) in [5, 5.41) is 6.89. The molecule has 1 atom stereocenters. The standard InChI is InChI=1S/C14H14Cl2FN3/c1-8(9-4-3-5-10(17)6-9)19-14-12(16)7-11(15)13(18-2)20-14/h3-8H,1-2H3,(H2,18,19,20). The lowest BCUT2D eigenvalue weighted by Crippen LogP contribution is -2.09. The van der Waals surface area contributed by atoms with Crippen LogP contribution in [0.25, 0.3) is 0 Å². The summed E-state index contributed by atoms with van der Waals surface area (Å²) < 4.78 is 13.2. The van der Waals surface area contributed by atoms with Gasteiger partial charge in [0.2, 0.25) is 0 Å². The molecule has 2 rings (SSSR count). The fourth-order valence-electron chi connectivity index (χ4n) is 1.81. The summed E-state index contributed by atoms with van der Waals surface area (Å²) in [5.41, 5.74) is 0.809. The fourth-order valence-corrected chi connectivity index (χ4v) is 2.32. The first kappa shape index (κ1) is 14.9. The van der Waals surface area contributed by atoms with Crippen LogP contribution in [-0.4, -0.2) is 12.0 Å². The lowest BCUT2D eigenvalue weighted by atomic mass is 10.1. The molecule has 0 amide bonds. The third kappa shape index (κ3) is 3.32. The molecule has 0 spiro atoms. The minimum absolute atomic E-state index is 0.137. The Morgan fingerprint density at radius 2 is 1.85 bits per heavy atom. The maximum atomic E-state index is 13.2. The molecule has 0 fully saturated rings. The zero-order chi connectivity index (χ0) is 14.7. The second-order valence-electron chi connectivity index (χ2n) is 4.32. The summed E-state index contributed by atoms with van der Waals surface area (Å²) >= 11 is 12.1. The number of pyridine rings is 1. The summed E-state index contributed by atoms with van der Waals surface area (Å²) in [5.74, 6) is 0.754. The van der Waals surface area contributed by atoms with Gasteiger partial charge in [0.05, 0.1) is 16.1 Å². The van der Waals surface area contributed by atoms with Crippen LogP contribution in [0.1, 0.15) is 18.5 Å². The smallest absolute Gasteiger partial charge is 0.147 e. The van der Waals surface area contributed by atoms with E-state index in [1.807, 2.05) is 13.0 Å². The van der Waals surface area contributed by atoms with Crippen molar-refractivity contribution in [2.75, 3.05) is 17.7 Å². The molecule has 0 aliphatic carbocycles. The molecule has 1 aromatic carbocycles. The van der Waals surface area contributed by atoms with Crippen LogP contribution in [0.4, 0.5) is 16.0 Å². The molecule has 0 aliphatic heterocycles. The lowest BCUT2D eigenvalue weighted by molar-refractivity contribution is 0.623. The number of nitrogens with zero attached hydrogens (tertiary/aromatic N) is 1. The fraction of sp³-hybridized carbons (Fsp3) is 0.214. The van der Waals surface area contributed by atoms with Crippen molar-refractivity contribution < 1.29 is 4.39 Å². The monoisotopic (exact) mass is 313 g/mol. The van der Waals surface area contributed by atoms with Gasteiger partial charge < -0.3 is 10.6 Å². The van der Waals surface area contributed by atoms with Crippen molar-refractivity contribution in [2.24, 2.45) is 0 Å². The maximum Gasteiger partial charge on any atom is 0.147 e. The van der Waals surface area contributed by atoms with Gasteiger partial charge in [-0.05, 0) is 30.7 Å². The molecule has 106 valence electrons. The Labute approximate surface area is 127 Å². The predicted molar refractivity (Wildman–Crippen MR) is 82.2 cm³/mol. The van der Waals surface area contributed by atoms with Gasteiger partial charge >= 0.3 is 0 Å². The Morgan fingerprint density at radius 3 is 2.50 bits per heavy atom. The molecule has 1 aromatic heterocycles. The molecule has 20 heavy (non-hydrogen) atoms. The maximum absolute atomic E-state index is 13.2. The number of halogens is 3. The molecule has 1 heterocycles. The quantitative estimate of drug-likeness (QED) is 0.855. The third-order valence-electron chi connectivity index (χ3n) is 2.87. The van der Waals surface area contributed by atoms with Crippen molar-refractivity contribution in [3.63, 3.8) is 0 Å². The number of nitrogens with one attached hydrogen (secondary N) is 2. The zero-order valence-corrected chi connectivity index (χ0v) is 12.6. The van der Waals surface area contributed by atoms with Gasteiger partial charge in [0.25, 0.3) is 0 Å². The minimum Gasteiger partial charge on any atom is -0.372 e. The van der Waals surface area contributed by atoms with Crippen LogP contribution in [0.3, 0.4) is 0 Å².